The minimum atomic E-state index is -4.16. The van der Waals surface area contributed by atoms with Crippen LogP contribution < -0.4 is 10.6 Å². The minimum absolute atomic E-state index is 0. The predicted octanol–water partition coefficient (Wildman–Crippen LogP) is 3.51. The number of hydrogen-bond acceptors (Lipinski definition) is 2. The zero-order valence-corrected chi connectivity index (χ0v) is 16.7. The molecule has 0 saturated carbocycles. The van der Waals surface area contributed by atoms with Gasteiger partial charge in [-0.05, 0) is 37.7 Å². The van der Waals surface area contributed by atoms with Crippen molar-refractivity contribution in [1.82, 2.24) is 15.5 Å². The third-order valence-corrected chi connectivity index (χ3v) is 3.27. The lowest BCUT2D eigenvalue weighted by atomic mass is 10.2. The Bertz CT molecular complexity index is 512. The third-order valence-electron chi connectivity index (χ3n) is 3.03. The van der Waals surface area contributed by atoms with Gasteiger partial charge in [-0.2, -0.15) is 13.2 Å². The molecule has 138 valence electrons. The van der Waals surface area contributed by atoms with E-state index < -0.39 is 12.7 Å². The largest absolute Gasteiger partial charge is 0.401 e. The average Bonchev–Trinajstić information content (AvgIpc) is 2.44. The van der Waals surface area contributed by atoms with Crippen LogP contribution in [0.1, 0.15) is 12.0 Å². The van der Waals surface area contributed by atoms with E-state index in [0.29, 0.717) is 37.0 Å². The highest BCUT2D eigenvalue weighted by Crippen LogP contribution is 2.15. The average molecular weight is 479 g/mol. The maximum absolute atomic E-state index is 12.2. The summed E-state index contributed by atoms with van der Waals surface area (Å²) in [5, 5.41) is 6.86. The van der Waals surface area contributed by atoms with Crippen LogP contribution in [0.3, 0.4) is 0 Å². The first kappa shape index (κ1) is 23.3. The summed E-state index contributed by atoms with van der Waals surface area (Å²) in [6, 6.07) is 7.47. The van der Waals surface area contributed by atoms with Gasteiger partial charge >= 0.3 is 6.18 Å². The topological polar surface area (TPSA) is 39.7 Å². The molecule has 1 aromatic rings. The van der Waals surface area contributed by atoms with Crippen molar-refractivity contribution >= 4 is 41.5 Å². The van der Waals surface area contributed by atoms with Gasteiger partial charge in [0.1, 0.15) is 0 Å². The molecule has 0 fully saturated rings. The van der Waals surface area contributed by atoms with E-state index in [0.717, 1.165) is 5.56 Å². The molecule has 0 atom stereocenters. The minimum Gasteiger partial charge on any atom is -0.356 e. The summed E-state index contributed by atoms with van der Waals surface area (Å²) >= 11 is 5.91. The summed E-state index contributed by atoms with van der Waals surface area (Å²) in [5.74, 6) is 0.600. The molecule has 0 amide bonds. The van der Waals surface area contributed by atoms with Crippen LogP contribution in [0.2, 0.25) is 5.02 Å². The zero-order chi connectivity index (χ0) is 17.3. The van der Waals surface area contributed by atoms with E-state index in [1.807, 2.05) is 18.2 Å². The smallest absolute Gasteiger partial charge is 0.356 e. The van der Waals surface area contributed by atoms with Crippen LogP contribution in [0, 0.1) is 0 Å². The van der Waals surface area contributed by atoms with Crippen molar-refractivity contribution in [2.75, 3.05) is 33.7 Å². The van der Waals surface area contributed by atoms with Gasteiger partial charge in [-0.3, -0.25) is 9.89 Å². The van der Waals surface area contributed by atoms with Gasteiger partial charge in [-0.25, -0.2) is 0 Å². The first-order chi connectivity index (χ1) is 10.8. The lowest BCUT2D eigenvalue weighted by Gasteiger charge is -2.19. The standard InChI is InChI=1S/C15H22ClF3N4.HI/c1-20-14(22-10-12-5-3-6-13(16)9-12)21-7-4-8-23(2)11-15(17,18)19;/h3,5-6,9H,4,7-8,10-11H2,1-2H3,(H2,20,21,22);1H. The van der Waals surface area contributed by atoms with Gasteiger partial charge in [-0.15, -0.1) is 24.0 Å². The number of nitrogens with one attached hydrogen (secondary N) is 2. The van der Waals surface area contributed by atoms with Crippen LogP contribution in [0.15, 0.2) is 29.3 Å². The number of guanidine groups is 1. The summed E-state index contributed by atoms with van der Waals surface area (Å²) in [6.45, 7) is 0.568. The van der Waals surface area contributed by atoms with Crippen LogP contribution in [0.5, 0.6) is 0 Å². The highest BCUT2D eigenvalue weighted by Gasteiger charge is 2.28. The van der Waals surface area contributed by atoms with Gasteiger partial charge in [0.25, 0.3) is 0 Å². The Morgan fingerprint density at radius 1 is 1.29 bits per heavy atom. The zero-order valence-electron chi connectivity index (χ0n) is 13.7. The summed E-state index contributed by atoms with van der Waals surface area (Å²) < 4.78 is 36.6. The van der Waals surface area contributed by atoms with E-state index in [2.05, 4.69) is 15.6 Å². The molecule has 0 bridgehead atoms. The van der Waals surface area contributed by atoms with Gasteiger partial charge in [0.15, 0.2) is 5.96 Å². The van der Waals surface area contributed by atoms with Crippen LogP contribution >= 0.6 is 35.6 Å². The summed E-state index contributed by atoms with van der Waals surface area (Å²) in [7, 11) is 3.10. The van der Waals surface area contributed by atoms with Crippen molar-refractivity contribution in [3.8, 4) is 0 Å². The molecule has 0 spiro atoms. The Balaban J connectivity index is 0.00000529. The maximum Gasteiger partial charge on any atom is 0.401 e. The molecular formula is C15H23ClF3IN4. The lowest BCUT2D eigenvalue weighted by Crippen LogP contribution is -2.39. The number of alkyl halides is 3. The Hall–Kier alpha value is -0.740. The Morgan fingerprint density at radius 2 is 2.00 bits per heavy atom. The van der Waals surface area contributed by atoms with E-state index >= 15 is 0 Å². The summed E-state index contributed by atoms with van der Waals surface area (Å²) in [6.07, 6.45) is -3.57. The molecule has 24 heavy (non-hydrogen) atoms. The molecule has 0 aliphatic rings. The van der Waals surface area contributed by atoms with Crippen LogP contribution in [0.4, 0.5) is 13.2 Å². The second-order valence-electron chi connectivity index (χ2n) is 5.19. The molecule has 0 radical (unpaired) electrons. The Labute approximate surface area is 162 Å². The molecule has 0 saturated heterocycles. The molecule has 0 unspecified atom stereocenters. The van der Waals surface area contributed by atoms with Crippen molar-refractivity contribution in [3.63, 3.8) is 0 Å². The van der Waals surface area contributed by atoms with Crippen LogP contribution in [-0.4, -0.2) is 50.8 Å². The van der Waals surface area contributed by atoms with E-state index in [1.54, 1.807) is 13.1 Å². The fourth-order valence-corrected chi connectivity index (χ4v) is 2.21. The van der Waals surface area contributed by atoms with Crippen molar-refractivity contribution in [2.24, 2.45) is 4.99 Å². The number of benzene rings is 1. The highest BCUT2D eigenvalue weighted by atomic mass is 127. The molecule has 9 heteroatoms. The monoisotopic (exact) mass is 478 g/mol. The molecule has 0 aliphatic carbocycles. The Morgan fingerprint density at radius 3 is 2.58 bits per heavy atom. The number of halogens is 5. The van der Waals surface area contributed by atoms with Crippen LogP contribution in [0.25, 0.3) is 0 Å². The second kappa shape index (κ2) is 11.8. The fraction of sp³-hybridized carbons (Fsp3) is 0.533. The quantitative estimate of drug-likeness (QED) is 0.273. The molecule has 1 rings (SSSR count). The number of nitrogens with zero attached hydrogens (tertiary/aromatic N) is 2. The van der Waals surface area contributed by atoms with E-state index in [9.17, 15) is 13.2 Å². The first-order valence-corrected chi connectivity index (χ1v) is 7.62. The SMILES string of the molecule is CN=C(NCCCN(C)CC(F)(F)F)NCc1cccc(Cl)c1.I. The van der Waals surface area contributed by atoms with E-state index in [4.69, 9.17) is 11.6 Å². The van der Waals surface area contributed by atoms with Gasteiger partial charge in [-0.1, -0.05) is 23.7 Å². The fourth-order valence-electron chi connectivity index (χ4n) is 1.99. The van der Waals surface area contributed by atoms with Gasteiger partial charge < -0.3 is 10.6 Å². The lowest BCUT2D eigenvalue weighted by molar-refractivity contribution is -0.143. The molecule has 0 aliphatic heterocycles. The van der Waals surface area contributed by atoms with Crippen molar-refractivity contribution in [2.45, 2.75) is 19.1 Å². The van der Waals surface area contributed by atoms with E-state index in [-0.39, 0.29) is 24.0 Å². The second-order valence-corrected chi connectivity index (χ2v) is 5.63. The molecule has 4 nitrogen and oxygen atoms in total. The molecule has 0 heterocycles. The first-order valence-electron chi connectivity index (χ1n) is 7.24. The van der Waals surface area contributed by atoms with Gasteiger partial charge in [0.2, 0.25) is 0 Å². The van der Waals surface area contributed by atoms with E-state index in [1.165, 1.54) is 11.9 Å². The number of hydrogen-bond donors (Lipinski definition) is 2. The van der Waals surface area contributed by atoms with Gasteiger partial charge in [0.05, 0.1) is 6.54 Å². The summed E-state index contributed by atoms with van der Waals surface area (Å²) in [5.41, 5.74) is 1.02. The molecule has 0 aromatic heterocycles. The maximum atomic E-state index is 12.2. The van der Waals surface area contributed by atoms with Crippen molar-refractivity contribution < 1.29 is 13.2 Å². The van der Waals surface area contributed by atoms with Crippen molar-refractivity contribution in [1.29, 1.82) is 0 Å². The number of aliphatic imine (C=N–C) groups is 1. The Kier molecular flexibility index (Phi) is 11.4. The number of rotatable bonds is 7. The van der Waals surface area contributed by atoms with Crippen LogP contribution in [-0.2, 0) is 6.54 Å². The normalized spacial score (nSPS) is 12.0. The van der Waals surface area contributed by atoms with Crippen molar-refractivity contribution in [3.05, 3.63) is 34.9 Å². The third kappa shape index (κ3) is 10.9. The highest BCUT2D eigenvalue weighted by molar-refractivity contribution is 14.0. The molecule has 1 aromatic carbocycles. The molecule has 2 N–H and O–H groups in total. The summed E-state index contributed by atoms with van der Waals surface area (Å²) in [4.78, 5) is 5.32. The molecular weight excluding hydrogens is 456 g/mol. The predicted molar refractivity (Wildman–Crippen MR) is 103 cm³/mol. The van der Waals surface area contributed by atoms with Gasteiger partial charge in [0, 0.05) is 25.2 Å².